The lowest BCUT2D eigenvalue weighted by Gasteiger charge is -2.17. The highest BCUT2D eigenvalue weighted by Crippen LogP contribution is 2.21. The summed E-state index contributed by atoms with van der Waals surface area (Å²) in [6.07, 6.45) is 1.86. The fourth-order valence-electron chi connectivity index (χ4n) is 2.64. The number of ether oxygens (including phenoxy) is 1. The summed E-state index contributed by atoms with van der Waals surface area (Å²) in [7, 11) is -3.37. The maximum Gasteiger partial charge on any atom is 0.218 e. The minimum Gasteiger partial charge on any atom is -0.473 e. The maximum atomic E-state index is 12.5. The van der Waals surface area contributed by atoms with Gasteiger partial charge in [0.15, 0.2) is 0 Å². The largest absolute Gasteiger partial charge is 0.473 e. The number of aromatic nitrogens is 1. The van der Waals surface area contributed by atoms with E-state index in [9.17, 15) is 8.42 Å². The lowest BCUT2D eigenvalue weighted by Crippen LogP contribution is -2.32. The molecular weight excluding hydrogens is 326 g/mol. The van der Waals surface area contributed by atoms with Crippen molar-refractivity contribution in [2.24, 2.45) is 0 Å². The Morgan fingerprint density at radius 3 is 2.83 bits per heavy atom. The Bertz CT molecular complexity index is 847. The van der Waals surface area contributed by atoms with Crippen LogP contribution in [0.4, 0.5) is 0 Å². The summed E-state index contributed by atoms with van der Waals surface area (Å²) in [5.74, 6) is 0.337. The van der Waals surface area contributed by atoms with Crippen molar-refractivity contribution in [3.63, 3.8) is 0 Å². The van der Waals surface area contributed by atoms with Crippen LogP contribution in [0.3, 0.4) is 0 Å². The Morgan fingerprint density at radius 1 is 1.29 bits per heavy atom. The molecule has 3 rings (SSSR count). The lowest BCUT2D eigenvalue weighted by molar-refractivity contribution is 0.207. The Kier molecular flexibility index (Phi) is 4.79. The van der Waals surface area contributed by atoms with Crippen molar-refractivity contribution in [2.45, 2.75) is 18.3 Å². The maximum absolute atomic E-state index is 12.5. The predicted octanol–water partition coefficient (Wildman–Crippen LogP) is 1.94. The number of nitriles is 1. The molecule has 1 aliphatic rings. The van der Waals surface area contributed by atoms with E-state index in [0.29, 0.717) is 31.0 Å². The summed E-state index contributed by atoms with van der Waals surface area (Å²) in [6, 6.07) is 14.3. The summed E-state index contributed by atoms with van der Waals surface area (Å²) in [4.78, 5) is 4.06. The van der Waals surface area contributed by atoms with E-state index < -0.39 is 10.0 Å². The molecule has 2 heterocycles. The van der Waals surface area contributed by atoms with Gasteiger partial charge in [0.05, 0.1) is 23.9 Å². The third kappa shape index (κ3) is 3.91. The van der Waals surface area contributed by atoms with Crippen molar-refractivity contribution in [3.8, 4) is 11.9 Å². The highest BCUT2D eigenvalue weighted by Gasteiger charge is 2.32. The number of sulfonamides is 1. The molecule has 6 nitrogen and oxygen atoms in total. The van der Waals surface area contributed by atoms with Crippen LogP contribution in [0, 0.1) is 11.3 Å². The van der Waals surface area contributed by atoms with Gasteiger partial charge in [-0.15, -0.1) is 0 Å². The second-order valence-corrected chi connectivity index (χ2v) is 7.59. The van der Waals surface area contributed by atoms with Gasteiger partial charge in [0, 0.05) is 18.8 Å². The van der Waals surface area contributed by atoms with Gasteiger partial charge in [-0.25, -0.2) is 13.4 Å². The summed E-state index contributed by atoms with van der Waals surface area (Å²) >= 11 is 0. The normalized spacial score (nSPS) is 18.2. The van der Waals surface area contributed by atoms with Crippen molar-refractivity contribution in [1.29, 1.82) is 5.26 Å². The van der Waals surface area contributed by atoms with Crippen LogP contribution in [0.5, 0.6) is 5.88 Å². The summed E-state index contributed by atoms with van der Waals surface area (Å²) in [5.41, 5.74) is 1.23. The van der Waals surface area contributed by atoms with Crippen molar-refractivity contribution in [3.05, 3.63) is 59.8 Å². The average Bonchev–Trinajstić information content (AvgIpc) is 3.05. The fourth-order valence-corrected chi connectivity index (χ4v) is 4.21. The monoisotopic (exact) mass is 343 g/mol. The Morgan fingerprint density at radius 2 is 2.08 bits per heavy atom. The fraction of sp³-hybridized carbons (Fsp3) is 0.294. The van der Waals surface area contributed by atoms with Crippen LogP contribution in [-0.4, -0.2) is 36.9 Å². The third-order valence-electron chi connectivity index (χ3n) is 3.84. The first-order valence-corrected chi connectivity index (χ1v) is 9.22. The van der Waals surface area contributed by atoms with E-state index in [-0.39, 0.29) is 11.9 Å². The molecule has 124 valence electrons. The quantitative estimate of drug-likeness (QED) is 0.828. The average molecular weight is 343 g/mol. The van der Waals surface area contributed by atoms with Gasteiger partial charge in [0.25, 0.3) is 0 Å². The molecule has 0 amide bonds. The molecule has 1 aromatic carbocycles. The summed E-state index contributed by atoms with van der Waals surface area (Å²) < 4.78 is 32.2. The van der Waals surface area contributed by atoms with Crippen LogP contribution in [-0.2, 0) is 15.8 Å². The molecule has 1 atom stereocenters. The third-order valence-corrected chi connectivity index (χ3v) is 5.66. The molecule has 24 heavy (non-hydrogen) atoms. The lowest BCUT2D eigenvalue weighted by atomic mass is 10.2. The van der Waals surface area contributed by atoms with E-state index in [1.165, 1.54) is 10.5 Å². The van der Waals surface area contributed by atoms with E-state index in [2.05, 4.69) is 4.98 Å². The standard InChI is InChI=1S/C17H17N3O3S/c18-11-15-6-8-19-17(10-15)23-16-7-9-20(12-16)24(21,22)13-14-4-2-1-3-5-14/h1-6,8,10,16H,7,9,12-13H2. The molecule has 1 saturated heterocycles. The van der Waals surface area contributed by atoms with Gasteiger partial charge in [-0.05, 0) is 18.1 Å². The van der Waals surface area contributed by atoms with Crippen LogP contribution in [0.1, 0.15) is 17.5 Å². The van der Waals surface area contributed by atoms with E-state index in [0.717, 1.165) is 5.56 Å². The van der Waals surface area contributed by atoms with Gasteiger partial charge in [0.1, 0.15) is 6.10 Å². The predicted molar refractivity (Wildman–Crippen MR) is 88.6 cm³/mol. The van der Waals surface area contributed by atoms with Crippen LogP contribution >= 0.6 is 0 Å². The molecular formula is C17H17N3O3S. The zero-order valence-electron chi connectivity index (χ0n) is 13.0. The van der Waals surface area contributed by atoms with Crippen molar-refractivity contribution >= 4 is 10.0 Å². The summed E-state index contributed by atoms with van der Waals surface area (Å²) in [5, 5.41) is 8.89. The minimum absolute atomic E-state index is 0.0112. The van der Waals surface area contributed by atoms with Crippen molar-refractivity contribution in [2.75, 3.05) is 13.1 Å². The molecule has 0 N–H and O–H groups in total. The zero-order valence-corrected chi connectivity index (χ0v) is 13.8. The molecule has 1 aromatic heterocycles. The van der Waals surface area contributed by atoms with Gasteiger partial charge in [-0.2, -0.15) is 9.57 Å². The highest BCUT2D eigenvalue weighted by atomic mass is 32.2. The van der Waals surface area contributed by atoms with Gasteiger partial charge in [-0.1, -0.05) is 30.3 Å². The minimum atomic E-state index is -3.37. The van der Waals surface area contributed by atoms with E-state index in [1.807, 2.05) is 24.3 Å². The first-order chi connectivity index (χ1) is 11.6. The second kappa shape index (κ2) is 6.99. The van der Waals surface area contributed by atoms with Gasteiger partial charge in [0.2, 0.25) is 15.9 Å². The number of benzene rings is 1. The number of rotatable bonds is 5. The molecule has 0 aliphatic carbocycles. The topological polar surface area (TPSA) is 83.3 Å². The Labute approximate surface area is 141 Å². The summed E-state index contributed by atoms with van der Waals surface area (Å²) in [6.45, 7) is 0.728. The van der Waals surface area contributed by atoms with Gasteiger partial charge >= 0.3 is 0 Å². The molecule has 0 spiro atoms. The molecule has 0 bridgehead atoms. The van der Waals surface area contributed by atoms with E-state index in [1.54, 1.807) is 24.3 Å². The van der Waals surface area contributed by atoms with E-state index in [4.69, 9.17) is 10.00 Å². The van der Waals surface area contributed by atoms with Crippen LogP contribution < -0.4 is 4.74 Å². The number of hydrogen-bond acceptors (Lipinski definition) is 5. The highest BCUT2D eigenvalue weighted by molar-refractivity contribution is 7.88. The second-order valence-electron chi connectivity index (χ2n) is 5.62. The van der Waals surface area contributed by atoms with Gasteiger partial charge in [-0.3, -0.25) is 0 Å². The molecule has 1 unspecified atom stereocenters. The van der Waals surface area contributed by atoms with Crippen LogP contribution in [0.2, 0.25) is 0 Å². The molecule has 2 aromatic rings. The SMILES string of the molecule is N#Cc1ccnc(OC2CCN(S(=O)(=O)Cc3ccccc3)C2)c1. The number of hydrogen-bond donors (Lipinski definition) is 0. The van der Waals surface area contributed by atoms with Gasteiger partial charge < -0.3 is 4.74 Å². The molecule has 7 heteroatoms. The first-order valence-electron chi connectivity index (χ1n) is 7.61. The van der Waals surface area contributed by atoms with Crippen LogP contribution in [0.25, 0.3) is 0 Å². The molecule has 0 saturated carbocycles. The van der Waals surface area contributed by atoms with Crippen molar-refractivity contribution in [1.82, 2.24) is 9.29 Å². The Balaban J connectivity index is 1.63. The number of nitrogens with zero attached hydrogens (tertiary/aromatic N) is 3. The first kappa shape index (κ1) is 16.4. The Hall–Kier alpha value is -2.43. The van der Waals surface area contributed by atoms with Crippen molar-refractivity contribution < 1.29 is 13.2 Å². The number of pyridine rings is 1. The molecule has 1 aliphatic heterocycles. The smallest absolute Gasteiger partial charge is 0.218 e. The zero-order chi connectivity index (χ0) is 17.0. The molecule has 1 fully saturated rings. The van der Waals surface area contributed by atoms with E-state index >= 15 is 0 Å². The van der Waals surface area contributed by atoms with Crippen LogP contribution in [0.15, 0.2) is 48.7 Å². The molecule has 0 radical (unpaired) electrons.